The van der Waals surface area contributed by atoms with Crippen molar-refractivity contribution in [2.24, 2.45) is 5.92 Å². The zero-order valence-corrected chi connectivity index (χ0v) is 21.0. The van der Waals surface area contributed by atoms with Crippen LogP contribution in [0.3, 0.4) is 0 Å². The lowest BCUT2D eigenvalue weighted by molar-refractivity contribution is -0.126. The van der Waals surface area contributed by atoms with Gasteiger partial charge in [-0.3, -0.25) is 9.10 Å². The molecule has 1 atom stereocenters. The lowest BCUT2D eigenvalue weighted by Gasteiger charge is -2.35. The van der Waals surface area contributed by atoms with Gasteiger partial charge in [-0.05, 0) is 75.6 Å². The van der Waals surface area contributed by atoms with Crippen molar-refractivity contribution in [1.29, 1.82) is 0 Å². The molecule has 1 amide bonds. The van der Waals surface area contributed by atoms with E-state index in [1.807, 2.05) is 38.1 Å². The maximum Gasteiger partial charge on any atom is 0.304 e. The number of piperidine rings is 1. The Bertz CT molecular complexity index is 1030. The van der Waals surface area contributed by atoms with Crippen molar-refractivity contribution < 1.29 is 22.7 Å². The van der Waals surface area contributed by atoms with Crippen molar-refractivity contribution in [2.75, 3.05) is 37.2 Å². The number of carbonyl (C=O) groups is 1. The molecule has 0 unspecified atom stereocenters. The molecule has 0 aliphatic carbocycles. The van der Waals surface area contributed by atoms with E-state index >= 15 is 0 Å². The van der Waals surface area contributed by atoms with Gasteiger partial charge in [0.1, 0.15) is 11.5 Å². The molecule has 1 N–H and O–H groups in total. The Morgan fingerprint density at radius 3 is 2.15 bits per heavy atom. The summed E-state index contributed by atoms with van der Waals surface area (Å²) in [4.78, 5) is 12.8. The highest BCUT2D eigenvalue weighted by Gasteiger charge is 2.35. The summed E-state index contributed by atoms with van der Waals surface area (Å²) in [6.07, 6.45) is 1.30. The van der Waals surface area contributed by atoms with Crippen LogP contribution in [0.4, 0.5) is 5.69 Å². The Balaban J connectivity index is 1.62. The van der Waals surface area contributed by atoms with E-state index < -0.39 is 10.2 Å². The van der Waals surface area contributed by atoms with Crippen molar-refractivity contribution in [3.63, 3.8) is 0 Å². The van der Waals surface area contributed by atoms with Gasteiger partial charge in [-0.2, -0.15) is 12.7 Å². The minimum absolute atomic E-state index is 0.127. The molecule has 34 heavy (non-hydrogen) atoms. The molecule has 1 aliphatic rings. The van der Waals surface area contributed by atoms with Crippen LogP contribution in [0.2, 0.25) is 0 Å². The standard InChI is InChI=1S/C25H35N3O5S/c1-4-28(22-11-15-24(16-12-22)33-6-3)34(30,31)27-17-7-8-21(19-27)25(29)26-18-20-9-13-23(14-10-20)32-5-2/h9-16,21H,4-8,17-19H2,1-3H3,(H,26,29)/t21-/m1/s1. The number of ether oxygens (including phenoxy) is 2. The van der Waals surface area contributed by atoms with Crippen LogP contribution >= 0.6 is 0 Å². The predicted octanol–water partition coefficient (Wildman–Crippen LogP) is 3.58. The molecule has 9 heteroatoms. The molecule has 1 saturated heterocycles. The van der Waals surface area contributed by atoms with Gasteiger partial charge in [-0.15, -0.1) is 0 Å². The summed E-state index contributed by atoms with van der Waals surface area (Å²) < 4.78 is 40.6. The number of carbonyl (C=O) groups excluding carboxylic acids is 1. The van der Waals surface area contributed by atoms with E-state index in [0.717, 1.165) is 11.3 Å². The molecule has 186 valence electrons. The van der Waals surface area contributed by atoms with Crippen molar-refractivity contribution in [2.45, 2.75) is 40.2 Å². The molecule has 0 radical (unpaired) electrons. The molecule has 0 saturated carbocycles. The van der Waals surface area contributed by atoms with E-state index in [9.17, 15) is 13.2 Å². The van der Waals surface area contributed by atoms with Gasteiger partial charge in [0.15, 0.2) is 0 Å². The van der Waals surface area contributed by atoms with Gasteiger partial charge in [0.05, 0.1) is 24.8 Å². The monoisotopic (exact) mass is 489 g/mol. The third kappa shape index (κ3) is 6.42. The largest absolute Gasteiger partial charge is 0.494 e. The number of hydrogen-bond donors (Lipinski definition) is 1. The first-order valence-electron chi connectivity index (χ1n) is 11.9. The molecule has 0 bridgehead atoms. The Morgan fingerprint density at radius 2 is 1.59 bits per heavy atom. The third-order valence-electron chi connectivity index (χ3n) is 5.78. The molecular weight excluding hydrogens is 454 g/mol. The maximum atomic E-state index is 13.4. The first kappa shape index (κ1) is 25.8. The second-order valence-electron chi connectivity index (χ2n) is 8.09. The topological polar surface area (TPSA) is 88.2 Å². The summed E-state index contributed by atoms with van der Waals surface area (Å²) in [7, 11) is -3.76. The van der Waals surface area contributed by atoms with E-state index in [0.29, 0.717) is 57.1 Å². The quantitative estimate of drug-likeness (QED) is 0.521. The van der Waals surface area contributed by atoms with Crippen molar-refractivity contribution in [3.05, 3.63) is 54.1 Å². The number of nitrogens with one attached hydrogen (secondary N) is 1. The summed E-state index contributed by atoms with van der Waals surface area (Å²) in [5, 5.41) is 2.96. The molecule has 2 aromatic carbocycles. The average molecular weight is 490 g/mol. The lowest BCUT2D eigenvalue weighted by atomic mass is 9.99. The summed E-state index contributed by atoms with van der Waals surface area (Å²) in [6.45, 7) is 8.04. The fourth-order valence-electron chi connectivity index (χ4n) is 4.06. The fourth-order valence-corrected chi connectivity index (χ4v) is 5.78. The summed E-state index contributed by atoms with van der Waals surface area (Å²) in [6, 6.07) is 14.6. The highest BCUT2D eigenvalue weighted by Crippen LogP contribution is 2.27. The van der Waals surface area contributed by atoms with Crippen LogP contribution in [0.1, 0.15) is 39.2 Å². The molecular formula is C25H35N3O5S. The van der Waals surface area contributed by atoms with Gasteiger partial charge in [-0.25, -0.2) is 0 Å². The first-order valence-corrected chi connectivity index (χ1v) is 13.3. The van der Waals surface area contributed by atoms with Gasteiger partial charge in [-0.1, -0.05) is 12.1 Å². The molecule has 3 rings (SSSR count). The molecule has 1 aliphatic heterocycles. The van der Waals surface area contributed by atoms with Crippen molar-refractivity contribution in [1.82, 2.24) is 9.62 Å². The normalized spacial score (nSPS) is 16.6. The van der Waals surface area contributed by atoms with E-state index in [4.69, 9.17) is 9.47 Å². The average Bonchev–Trinajstić information content (AvgIpc) is 2.85. The van der Waals surface area contributed by atoms with E-state index in [2.05, 4.69) is 5.32 Å². The van der Waals surface area contributed by atoms with Crippen LogP contribution in [-0.2, 0) is 21.5 Å². The minimum Gasteiger partial charge on any atom is -0.494 e. The Kier molecular flexibility index (Phi) is 9.18. The molecule has 0 aromatic heterocycles. The highest BCUT2D eigenvalue weighted by atomic mass is 32.2. The van der Waals surface area contributed by atoms with Gasteiger partial charge >= 0.3 is 10.2 Å². The highest BCUT2D eigenvalue weighted by molar-refractivity contribution is 7.90. The van der Waals surface area contributed by atoms with Crippen LogP contribution in [0.25, 0.3) is 0 Å². The Labute approximate surface area is 203 Å². The third-order valence-corrected chi connectivity index (χ3v) is 7.79. The molecule has 8 nitrogen and oxygen atoms in total. The molecule has 1 fully saturated rings. The van der Waals surface area contributed by atoms with Crippen LogP contribution in [0, 0.1) is 5.92 Å². The number of anilines is 1. The van der Waals surface area contributed by atoms with Crippen LogP contribution in [0.15, 0.2) is 48.5 Å². The number of hydrogen-bond acceptors (Lipinski definition) is 5. The molecule has 0 spiro atoms. The van der Waals surface area contributed by atoms with E-state index in [1.165, 1.54) is 8.61 Å². The van der Waals surface area contributed by atoms with Crippen molar-refractivity contribution in [3.8, 4) is 11.5 Å². The fraction of sp³-hybridized carbons (Fsp3) is 0.480. The number of nitrogens with zero attached hydrogens (tertiary/aromatic N) is 2. The minimum atomic E-state index is -3.76. The summed E-state index contributed by atoms with van der Waals surface area (Å²) in [5.41, 5.74) is 1.54. The zero-order valence-electron chi connectivity index (χ0n) is 20.2. The zero-order chi connectivity index (χ0) is 24.6. The second kappa shape index (κ2) is 12.1. The van der Waals surface area contributed by atoms with Gasteiger partial charge in [0.2, 0.25) is 5.91 Å². The smallest absolute Gasteiger partial charge is 0.304 e. The lowest BCUT2D eigenvalue weighted by Crippen LogP contribution is -2.50. The van der Waals surface area contributed by atoms with Gasteiger partial charge in [0, 0.05) is 26.2 Å². The maximum absolute atomic E-state index is 13.4. The molecule has 2 aromatic rings. The van der Waals surface area contributed by atoms with Crippen LogP contribution in [0.5, 0.6) is 11.5 Å². The summed E-state index contributed by atoms with van der Waals surface area (Å²) in [5.74, 6) is 0.976. The van der Waals surface area contributed by atoms with Crippen LogP contribution < -0.4 is 19.1 Å². The van der Waals surface area contributed by atoms with Crippen LogP contribution in [-0.4, -0.2) is 51.5 Å². The number of amides is 1. The van der Waals surface area contributed by atoms with Gasteiger partial charge < -0.3 is 14.8 Å². The number of rotatable bonds is 11. The van der Waals surface area contributed by atoms with E-state index in [1.54, 1.807) is 31.2 Å². The van der Waals surface area contributed by atoms with Gasteiger partial charge in [0.25, 0.3) is 0 Å². The second-order valence-corrected chi connectivity index (χ2v) is 9.94. The van der Waals surface area contributed by atoms with Crippen molar-refractivity contribution >= 4 is 21.8 Å². The number of benzene rings is 2. The first-order chi connectivity index (χ1) is 16.4. The summed E-state index contributed by atoms with van der Waals surface area (Å²) >= 11 is 0. The Hall–Kier alpha value is -2.78. The Morgan fingerprint density at radius 1 is 1.00 bits per heavy atom. The van der Waals surface area contributed by atoms with E-state index in [-0.39, 0.29) is 18.4 Å². The SMILES string of the molecule is CCOc1ccc(CNC(=O)[C@@H]2CCCN(S(=O)(=O)N(CC)c3ccc(OCC)cc3)C2)cc1. The molecule has 1 heterocycles. The predicted molar refractivity (Wildman–Crippen MR) is 133 cm³/mol.